The third kappa shape index (κ3) is 2.31. The van der Waals surface area contributed by atoms with Crippen molar-refractivity contribution in [3.05, 3.63) is 48.0 Å². The Morgan fingerprint density at radius 3 is 2.67 bits per heavy atom. The summed E-state index contributed by atoms with van der Waals surface area (Å²) < 4.78 is 5.56. The van der Waals surface area contributed by atoms with Crippen molar-refractivity contribution in [3.8, 4) is 0 Å². The van der Waals surface area contributed by atoms with Crippen LogP contribution in [0.4, 0.5) is 0 Å². The Labute approximate surface area is 125 Å². The molecule has 1 aromatic rings. The van der Waals surface area contributed by atoms with Crippen LogP contribution in [0.15, 0.2) is 47.5 Å². The monoisotopic (exact) mass is 283 g/mol. The molecule has 110 valence electrons. The first kappa shape index (κ1) is 14.1. The van der Waals surface area contributed by atoms with Crippen molar-refractivity contribution in [1.82, 2.24) is 0 Å². The Kier molecular flexibility index (Phi) is 3.66. The van der Waals surface area contributed by atoms with Crippen LogP contribution in [-0.2, 0) is 9.53 Å². The number of benzene rings is 1. The van der Waals surface area contributed by atoms with Crippen LogP contribution >= 0.6 is 0 Å². The van der Waals surface area contributed by atoms with Crippen molar-refractivity contribution >= 4 is 11.9 Å². The fourth-order valence-corrected chi connectivity index (χ4v) is 3.32. The fourth-order valence-electron chi connectivity index (χ4n) is 3.32. The highest BCUT2D eigenvalue weighted by molar-refractivity contribution is 6.08. The molecule has 2 aliphatic rings. The van der Waals surface area contributed by atoms with Gasteiger partial charge in [0.25, 0.3) is 0 Å². The van der Waals surface area contributed by atoms with Crippen LogP contribution in [0.3, 0.4) is 0 Å². The molecule has 0 amide bonds. The van der Waals surface area contributed by atoms with Gasteiger partial charge in [0.2, 0.25) is 5.90 Å². The molecule has 3 heteroatoms. The van der Waals surface area contributed by atoms with Crippen LogP contribution in [0.2, 0.25) is 0 Å². The summed E-state index contributed by atoms with van der Waals surface area (Å²) in [7, 11) is 0. The molecular formula is C18H21NO2. The second-order valence-corrected chi connectivity index (χ2v) is 6.12. The van der Waals surface area contributed by atoms with Gasteiger partial charge in [0, 0.05) is 11.5 Å². The molecule has 0 aromatic heterocycles. The largest absolute Gasteiger partial charge is 0.405 e. The molecule has 0 bridgehead atoms. The number of carbonyl (C=O) groups is 1. The minimum atomic E-state index is -0.762. The number of rotatable bonds is 3. The minimum absolute atomic E-state index is 0.110. The highest BCUT2D eigenvalue weighted by Gasteiger charge is 2.53. The smallest absolute Gasteiger partial charge is 0.341 e. The molecule has 0 fully saturated rings. The Bertz CT molecular complexity index is 588. The zero-order valence-electron chi connectivity index (χ0n) is 12.6. The van der Waals surface area contributed by atoms with Gasteiger partial charge in [-0.3, -0.25) is 0 Å². The number of nitrogens with zero attached hydrogens (tertiary/aromatic N) is 1. The van der Waals surface area contributed by atoms with Gasteiger partial charge in [-0.2, -0.15) is 0 Å². The summed E-state index contributed by atoms with van der Waals surface area (Å²) >= 11 is 0. The van der Waals surface area contributed by atoms with Gasteiger partial charge in [-0.1, -0.05) is 44.2 Å². The van der Waals surface area contributed by atoms with E-state index in [4.69, 9.17) is 9.73 Å². The molecular weight excluding hydrogens is 262 g/mol. The lowest BCUT2D eigenvalue weighted by molar-refractivity contribution is -0.142. The molecule has 0 spiro atoms. The molecule has 0 saturated heterocycles. The summed E-state index contributed by atoms with van der Waals surface area (Å²) in [6, 6.07) is 9.67. The van der Waals surface area contributed by atoms with Gasteiger partial charge in [-0.05, 0) is 37.3 Å². The Hall–Kier alpha value is -1.90. The molecule has 1 aromatic carbocycles. The molecule has 0 radical (unpaired) electrons. The maximum absolute atomic E-state index is 12.7. The van der Waals surface area contributed by atoms with E-state index in [0.29, 0.717) is 5.90 Å². The predicted molar refractivity (Wildman–Crippen MR) is 83.1 cm³/mol. The summed E-state index contributed by atoms with van der Waals surface area (Å²) in [6.07, 6.45) is 7.52. The van der Waals surface area contributed by atoms with E-state index < -0.39 is 5.54 Å². The normalized spacial score (nSPS) is 28.6. The SMILES string of the molecule is CC(C)[C@@]1([C@@H]2C=CCCC2)N=C(c2ccccc2)OC1=O. The zero-order valence-corrected chi connectivity index (χ0v) is 12.6. The number of carbonyl (C=O) groups excluding carboxylic acids is 1. The molecule has 3 rings (SSSR count). The predicted octanol–water partition coefficient (Wildman–Crippen LogP) is 3.74. The highest BCUT2D eigenvalue weighted by Crippen LogP contribution is 2.41. The summed E-state index contributed by atoms with van der Waals surface area (Å²) in [4.78, 5) is 17.4. The number of allylic oxidation sites excluding steroid dienone is 1. The first-order valence-corrected chi connectivity index (χ1v) is 7.69. The number of hydrogen-bond donors (Lipinski definition) is 0. The van der Waals surface area contributed by atoms with E-state index in [9.17, 15) is 4.79 Å². The molecule has 1 aliphatic heterocycles. The van der Waals surface area contributed by atoms with Crippen LogP contribution < -0.4 is 0 Å². The molecule has 3 nitrogen and oxygen atoms in total. The lowest BCUT2D eigenvalue weighted by Crippen LogP contribution is -2.46. The van der Waals surface area contributed by atoms with Gasteiger partial charge < -0.3 is 4.74 Å². The molecule has 0 saturated carbocycles. The number of aliphatic imine (C=N–C) groups is 1. The quantitative estimate of drug-likeness (QED) is 0.626. The number of ether oxygens (including phenoxy) is 1. The van der Waals surface area contributed by atoms with Gasteiger partial charge in [-0.25, -0.2) is 9.79 Å². The highest BCUT2D eigenvalue weighted by atomic mass is 16.6. The van der Waals surface area contributed by atoms with Crippen molar-refractivity contribution in [2.75, 3.05) is 0 Å². The van der Waals surface area contributed by atoms with Crippen molar-refractivity contribution in [1.29, 1.82) is 0 Å². The third-order valence-electron chi connectivity index (χ3n) is 4.52. The van der Waals surface area contributed by atoms with Crippen LogP contribution in [0.5, 0.6) is 0 Å². The molecule has 1 aliphatic carbocycles. The van der Waals surface area contributed by atoms with Crippen molar-refractivity contribution in [2.24, 2.45) is 16.8 Å². The fraction of sp³-hybridized carbons (Fsp3) is 0.444. The summed E-state index contributed by atoms with van der Waals surface area (Å²) in [6.45, 7) is 4.11. The second-order valence-electron chi connectivity index (χ2n) is 6.12. The number of hydrogen-bond acceptors (Lipinski definition) is 3. The van der Waals surface area contributed by atoms with E-state index in [1.54, 1.807) is 0 Å². The molecule has 2 atom stereocenters. The van der Waals surface area contributed by atoms with Gasteiger partial charge in [0.1, 0.15) is 0 Å². The Balaban J connectivity index is 2.04. The Morgan fingerprint density at radius 2 is 2.05 bits per heavy atom. The van der Waals surface area contributed by atoms with E-state index >= 15 is 0 Å². The van der Waals surface area contributed by atoms with Crippen molar-refractivity contribution in [2.45, 2.75) is 38.6 Å². The van der Waals surface area contributed by atoms with E-state index in [1.807, 2.05) is 30.3 Å². The molecule has 1 heterocycles. The van der Waals surface area contributed by atoms with Crippen molar-refractivity contribution < 1.29 is 9.53 Å². The lowest BCUT2D eigenvalue weighted by atomic mass is 9.72. The van der Waals surface area contributed by atoms with E-state index in [1.165, 1.54) is 0 Å². The van der Waals surface area contributed by atoms with E-state index in [-0.39, 0.29) is 17.8 Å². The van der Waals surface area contributed by atoms with E-state index in [2.05, 4.69) is 26.0 Å². The zero-order chi connectivity index (χ0) is 14.9. The number of cyclic esters (lactones) is 1. The third-order valence-corrected chi connectivity index (χ3v) is 4.52. The van der Waals surface area contributed by atoms with E-state index in [0.717, 1.165) is 24.8 Å². The number of esters is 1. The topological polar surface area (TPSA) is 38.7 Å². The van der Waals surface area contributed by atoms with Gasteiger partial charge in [0.05, 0.1) is 0 Å². The van der Waals surface area contributed by atoms with Crippen LogP contribution in [0, 0.1) is 11.8 Å². The van der Waals surface area contributed by atoms with Crippen LogP contribution in [-0.4, -0.2) is 17.4 Å². The average Bonchev–Trinajstić information content (AvgIpc) is 2.88. The standard InChI is InChI=1S/C18H21NO2/c1-13(2)18(15-11-7-4-8-12-15)17(20)21-16(19-18)14-9-5-3-6-10-14/h3,5-7,9-11,13,15H,4,8,12H2,1-2H3/t15-,18+/m1/s1. The average molecular weight is 283 g/mol. The van der Waals surface area contributed by atoms with Crippen LogP contribution in [0.1, 0.15) is 38.7 Å². The maximum atomic E-state index is 12.7. The van der Waals surface area contributed by atoms with Gasteiger partial charge in [-0.15, -0.1) is 0 Å². The molecule has 21 heavy (non-hydrogen) atoms. The van der Waals surface area contributed by atoms with Crippen molar-refractivity contribution in [3.63, 3.8) is 0 Å². The summed E-state index contributed by atoms with van der Waals surface area (Å²) in [5.74, 6) is 0.514. The lowest BCUT2D eigenvalue weighted by Gasteiger charge is -2.34. The first-order valence-electron chi connectivity index (χ1n) is 7.69. The van der Waals surface area contributed by atoms with Gasteiger partial charge in [0.15, 0.2) is 5.54 Å². The molecule has 0 unspecified atom stereocenters. The maximum Gasteiger partial charge on any atom is 0.341 e. The van der Waals surface area contributed by atoms with Crippen LogP contribution in [0.25, 0.3) is 0 Å². The minimum Gasteiger partial charge on any atom is -0.405 e. The second kappa shape index (κ2) is 5.47. The molecule has 0 N–H and O–H groups in total. The Morgan fingerprint density at radius 1 is 1.29 bits per heavy atom. The van der Waals surface area contributed by atoms with Gasteiger partial charge >= 0.3 is 5.97 Å². The summed E-state index contributed by atoms with van der Waals surface area (Å²) in [5.41, 5.74) is 0.107. The first-order chi connectivity index (χ1) is 10.1. The summed E-state index contributed by atoms with van der Waals surface area (Å²) in [5, 5.41) is 0.